The van der Waals surface area contributed by atoms with Crippen LogP contribution < -0.4 is 0 Å². The molecule has 1 aliphatic heterocycles. The molecule has 2 heterocycles. The zero-order valence-corrected chi connectivity index (χ0v) is 18.0. The van der Waals surface area contributed by atoms with Crippen LogP contribution >= 0.6 is 0 Å². The van der Waals surface area contributed by atoms with Gasteiger partial charge in [-0.05, 0) is 52.5 Å². The van der Waals surface area contributed by atoms with Crippen molar-refractivity contribution in [3.8, 4) is 0 Å². The molecule has 1 aliphatic carbocycles. The minimum atomic E-state index is -4.43. The Balaban J connectivity index is 1.90. The van der Waals surface area contributed by atoms with Crippen molar-refractivity contribution in [1.82, 2.24) is 19.7 Å². The van der Waals surface area contributed by atoms with Crippen LogP contribution in [0.3, 0.4) is 0 Å². The number of carbonyl (C=O) groups is 1. The molecule has 2 aliphatic rings. The molecule has 31 heavy (non-hydrogen) atoms. The van der Waals surface area contributed by atoms with Gasteiger partial charge in [-0.25, -0.2) is 4.79 Å². The monoisotopic (exact) mass is 436 g/mol. The number of aromatic nitrogens is 3. The van der Waals surface area contributed by atoms with Crippen molar-refractivity contribution < 1.29 is 23.1 Å². The average Bonchev–Trinajstić information content (AvgIpc) is 3.36. The highest BCUT2D eigenvalue weighted by Gasteiger charge is 2.68. The summed E-state index contributed by atoms with van der Waals surface area (Å²) in [7, 11) is 0. The summed E-state index contributed by atoms with van der Waals surface area (Å²) in [4.78, 5) is 13.5. The molecule has 0 radical (unpaired) electrons. The van der Waals surface area contributed by atoms with Crippen molar-refractivity contribution in [2.45, 2.75) is 82.1 Å². The highest BCUT2D eigenvalue weighted by molar-refractivity contribution is 5.66. The minimum absolute atomic E-state index is 0.0239. The van der Waals surface area contributed by atoms with Gasteiger partial charge in [0.1, 0.15) is 11.2 Å². The van der Waals surface area contributed by atoms with E-state index in [9.17, 15) is 23.1 Å². The van der Waals surface area contributed by atoms with E-state index < -0.39 is 29.3 Å². The molecular formula is C22H27F3N4O2. The molecule has 1 N–H and O–H groups in total. The van der Waals surface area contributed by atoms with Crippen molar-refractivity contribution in [3.05, 3.63) is 47.5 Å². The van der Waals surface area contributed by atoms with Gasteiger partial charge in [0.05, 0.1) is 6.04 Å². The Kier molecular flexibility index (Phi) is 4.86. The zero-order chi connectivity index (χ0) is 22.8. The van der Waals surface area contributed by atoms with Crippen LogP contribution in [0.1, 0.15) is 82.2 Å². The number of rotatable bonds is 3. The van der Waals surface area contributed by atoms with Crippen molar-refractivity contribution in [1.29, 1.82) is 0 Å². The summed E-state index contributed by atoms with van der Waals surface area (Å²) in [6.07, 6.45) is -5.19. The number of alkyl halides is 3. The Bertz CT molecular complexity index is 977. The predicted octanol–water partition coefficient (Wildman–Crippen LogP) is 5.44. The Labute approximate surface area is 179 Å². The third-order valence-corrected chi connectivity index (χ3v) is 6.68. The van der Waals surface area contributed by atoms with Crippen LogP contribution in [0, 0.1) is 0 Å². The first kappa shape index (κ1) is 21.6. The van der Waals surface area contributed by atoms with E-state index in [4.69, 9.17) is 0 Å². The molecule has 168 valence electrons. The SMILES string of the molecule is C[C@@H]1[C@H](c2ccccc2)C[C@H](N(C(=O)O)C(C)(C)C)c2nnc(C3(C(F)(F)F)CC3)n21. The zero-order valence-electron chi connectivity index (χ0n) is 18.0. The van der Waals surface area contributed by atoms with Gasteiger partial charge >= 0.3 is 12.3 Å². The molecule has 4 rings (SSSR count). The molecule has 0 unspecified atom stereocenters. The maximum absolute atomic E-state index is 14.0. The summed E-state index contributed by atoms with van der Waals surface area (Å²) in [5.41, 5.74) is -1.80. The molecule has 3 atom stereocenters. The Morgan fingerprint density at radius 2 is 1.77 bits per heavy atom. The van der Waals surface area contributed by atoms with Crippen LogP contribution in [-0.4, -0.2) is 42.6 Å². The lowest BCUT2D eigenvalue weighted by Crippen LogP contribution is -2.50. The summed E-state index contributed by atoms with van der Waals surface area (Å²) >= 11 is 0. The molecule has 1 aromatic heterocycles. The largest absolute Gasteiger partial charge is 0.465 e. The van der Waals surface area contributed by atoms with Crippen LogP contribution in [0.25, 0.3) is 0 Å². The molecule has 2 aromatic rings. The smallest absolute Gasteiger partial charge is 0.408 e. The van der Waals surface area contributed by atoms with Gasteiger partial charge in [-0.2, -0.15) is 13.2 Å². The first-order valence-corrected chi connectivity index (χ1v) is 10.5. The molecule has 1 fully saturated rings. The average molecular weight is 436 g/mol. The third-order valence-electron chi connectivity index (χ3n) is 6.68. The second kappa shape index (κ2) is 6.97. The van der Waals surface area contributed by atoms with Crippen molar-refractivity contribution in [2.75, 3.05) is 0 Å². The van der Waals surface area contributed by atoms with Gasteiger partial charge in [0.2, 0.25) is 0 Å². The van der Waals surface area contributed by atoms with Crippen molar-refractivity contribution in [2.24, 2.45) is 0 Å². The summed E-state index contributed by atoms with van der Waals surface area (Å²) in [6.45, 7) is 7.20. The Morgan fingerprint density at radius 1 is 1.16 bits per heavy atom. The molecule has 0 saturated heterocycles. The number of benzene rings is 1. The molecule has 1 amide bonds. The van der Waals surface area contributed by atoms with E-state index in [1.54, 1.807) is 25.3 Å². The molecule has 9 heteroatoms. The first-order valence-electron chi connectivity index (χ1n) is 10.5. The van der Waals surface area contributed by atoms with Gasteiger partial charge in [-0.15, -0.1) is 10.2 Å². The van der Waals surface area contributed by atoms with Gasteiger partial charge in [-0.3, -0.25) is 4.90 Å². The molecule has 0 spiro atoms. The van der Waals surface area contributed by atoms with Crippen molar-refractivity contribution in [3.63, 3.8) is 0 Å². The first-order chi connectivity index (χ1) is 14.4. The lowest BCUT2D eigenvalue weighted by atomic mass is 9.81. The van der Waals surface area contributed by atoms with Crippen LogP contribution in [0.2, 0.25) is 0 Å². The van der Waals surface area contributed by atoms with E-state index in [1.807, 2.05) is 37.3 Å². The lowest BCUT2D eigenvalue weighted by molar-refractivity contribution is -0.163. The molecule has 0 bridgehead atoms. The Hall–Kier alpha value is -2.58. The predicted molar refractivity (Wildman–Crippen MR) is 108 cm³/mol. The van der Waals surface area contributed by atoms with Gasteiger partial charge in [-0.1, -0.05) is 30.3 Å². The van der Waals surface area contributed by atoms with Crippen LogP contribution in [0.15, 0.2) is 30.3 Å². The number of nitrogens with zero attached hydrogens (tertiary/aromatic N) is 4. The maximum atomic E-state index is 14.0. The van der Waals surface area contributed by atoms with E-state index in [0.29, 0.717) is 12.2 Å². The number of amides is 1. The van der Waals surface area contributed by atoms with Gasteiger partial charge in [0.25, 0.3) is 0 Å². The number of hydrogen-bond acceptors (Lipinski definition) is 3. The highest BCUT2D eigenvalue weighted by atomic mass is 19.4. The fourth-order valence-corrected chi connectivity index (χ4v) is 4.96. The van der Waals surface area contributed by atoms with Gasteiger partial charge < -0.3 is 9.67 Å². The lowest BCUT2D eigenvalue weighted by Gasteiger charge is -2.45. The second-order valence-electron chi connectivity index (χ2n) is 9.66. The number of fused-ring (bicyclic) bond motifs is 1. The highest BCUT2D eigenvalue weighted by Crippen LogP contribution is 2.60. The second-order valence-corrected chi connectivity index (χ2v) is 9.66. The summed E-state index contributed by atoms with van der Waals surface area (Å²) in [5.74, 6) is 0.0246. The quantitative estimate of drug-likeness (QED) is 0.696. The summed E-state index contributed by atoms with van der Waals surface area (Å²) < 4.78 is 43.5. The maximum Gasteiger partial charge on any atom is 0.408 e. The molecular weight excluding hydrogens is 409 g/mol. The fraction of sp³-hybridized carbons (Fsp3) is 0.591. The Morgan fingerprint density at radius 3 is 2.26 bits per heavy atom. The number of halogens is 3. The fourth-order valence-electron chi connectivity index (χ4n) is 4.96. The van der Waals surface area contributed by atoms with E-state index in [-0.39, 0.29) is 30.6 Å². The molecule has 6 nitrogen and oxygen atoms in total. The van der Waals surface area contributed by atoms with E-state index in [1.165, 1.54) is 4.90 Å². The number of hydrogen-bond donors (Lipinski definition) is 1. The van der Waals surface area contributed by atoms with Crippen LogP contribution in [0.5, 0.6) is 0 Å². The van der Waals surface area contributed by atoms with Gasteiger partial charge in [0.15, 0.2) is 5.82 Å². The normalized spacial score (nSPS) is 25.1. The van der Waals surface area contributed by atoms with E-state index >= 15 is 0 Å². The van der Waals surface area contributed by atoms with Crippen molar-refractivity contribution >= 4 is 6.09 Å². The van der Waals surface area contributed by atoms with E-state index in [2.05, 4.69) is 10.2 Å². The third kappa shape index (κ3) is 3.38. The van der Waals surface area contributed by atoms with Crippen LogP contribution in [0.4, 0.5) is 18.0 Å². The van der Waals surface area contributed by atoms with E-state index in [0.717, 1.165) is 5.56 Å². The summed E-state index contributed by atoms with van der Waals surface area (Å²) in [5, 5.41) is 18.2. The number of carboxylic acid groups (broad SMARTS) is 1. The topological polar surface area (TPSA) is 71.2 Å². The standard InChI is InChI=1S/C22H27F3N4O2/c1-13-15(14-8-6-5-7-9-14)12-16(29(19(30)31)20(2,3)4)17-26-27-18(28(13)17)21(10-11-21)22(23,24)25/h5-9,13,15-16H,10-12H2,1-4H3,(H,30,31)/t13-,15-,16+/m1/s1. The molecule has 1 saturated carbocycles. The molecule has 1 aromatic carbocycles. The van der Waals surface area contributed by atoms with Crippen LogP contribution in [-0.2, 0) is 5.41 Å². The van der Waals surface area contributed by atoms with Gasteiger partial charge in [0, 0.05) is 17.5 Å². The summed E-state index contributed by atoms with van der Waals surface area (Å²) in [6, 6.07) is 8.48. The minimum Gasteiger partial charge on any atom is -0.465 e.